The van der Waals surface area contributed by atoms with E-state index in [9.17, 15) is 4.79 Å². The van der Waals surface area contributed by atoms with Gasteiger partial charge in [0.25, 0.3) is 5.91 Å². The molecule has 0 spiro atoms. The highest BCUT2D eigenvalue weighted by molar-refractivity contribution is 6.41. The van der Waals surface area contributed by atoms with E-state index in [0.717, 1.165) is 0 Å². The van der Waals surface area contributed by atoms with Crippen LogP contribution in [0.5, 0.6) is 0 Å². The first-order valence-electron chi connectivity index (χ1n) is 5.51. The molecule has 94 valence electrons. The van der Waals surface area contributed by atoms with E-state index in [4.69, 9.17) is 23.2 Å². The van der Waals surface area contributed by atoms with Gasteiger partial charge in [-0.15, -0.1) is 0 Å². The summed E-state index contributed by atoms with van der Waals surface area (Å²) in [6, 6.07) is 1.52. The van der Waals surface area contributed by atoms with Gasteiger partial charge in [0.2, 0.25) is 0 Å². The van der Waals surface area contributed by atoms with Gasteiger partial charge in [-0.2, -0.15) is 0 Å². The first-order valence-corrected chi connectivity index (χ1v) is 6.26. The van der Waals surface area contributed by atoms with Crippen molar-refractivity contribution in [3.05, 3.63) is 28.0 Å². The van der Waals surface area contributed by atoms with Gasteiger partial charge >= 0.3 is 0 Å². The van der Waals surface area contributed by atoms with Gasteiger partial charge < -0.3 is 5.32 Å². The molecule has 0 aliphatic carbocycles. The van der Waals surface area contributed by atoms with Crippen LogP contribution in [-0.2, 0) is 0 Å². The van der Waals surface area contributed by atoms with Gasteiger partial charge in [-0.1, -0.05) is 44.0 Å². The highest BCUT2D eigenvalue weighted by Crippen LogP contribution is 2.19. The molecule has 0 aromatic carbocycles. The summed E-state index contributed by atoms with van der Waals surface area (Å²) in [7, 11) is 0. The van der Waals surface area contributed by atoms with Crippen molar-refractivity contribution < 1.29 is 4.79 Å². The molecule has 5 heteroatoms. The fourth-order valence-corrected chi connectivity index (χ4v) is 1.41. The molecule has 1 aromatic rings. The number of pyridine rings is 1. The van der Waals surface area contributed by atoms with E-state index >= 15 is 0 Å². The van der Waals surface area contributed by atoms with Gasteiger partial charge in [0, 0.05) is 12.7 Å². The molecule has 0 saturated heterocycles. The van der Waals surface area contributed by atoms with Crippen LogP contribution in [0, 0.1) is 11.8 Å². The molecule has 1 unspecified atom stereocenters. The van der Waals surface area contributed by atoms with Crippen molar-refractivity contribution in [3.8, 4) is 0 Å². The number of nitrogens with zero attached hydrogens (tertiary/aromatic N) is 1. The zero-order valence-corrected chi connectivity index (χ0v) is 11.6. The zero-order valence-electron chi connectivity index (χ0n) is 10.1. The lowest BCUT2D eigenvalue weighted by molar-refractivity contribution is 0.0944. The largest absolute Gasteiger partial charge is 0.352 e. The van der Waals surface area contributed by atoms with Crippen molar-refractivity contribution in [3.63, 3.8) is 0 Å². The lowest BCUT2D eigenvalue weighted by atomic mass is 9.98. The molecule has 1 N–H and O–H groups in total. The summed E-state index contributed by atoms with van der Waals surface area (Å²) in [5, 5.41) is 3.34. The first kappa shape index (κ1) is 14.3. The minimum atomic E-state index is -0.177. The molecule has 3 nitrogen and oxygen atoms in total. The first-order chi connectivity index (χ1) is 7.91. The lowest BCUT2D eigenvalue weighted by Gasteiger charge is -2.16. The summed E-state index contributed by atoms with van der Waals surface area (Å²) in [4.78, 5) is 15.6. The quantitative estimate of drug-likeness (QED) is 0.855. The highest BCUT2D eigenvalue weighted by Gasteiger charge is 2.12. The maximum absolute atomic E-state index is 11.8. The van der Waals surface area contributed by atoms with Crippen molar-refractivity contribution in [2.24, 2.45) is 11.8 Å². The van der Waals surface area contributed by atoms with Crippen molar-refractivity contribution >= 4 is 29.1 Å². The van der Waals surface area contributed by atoms with Gasteiger partial charge in [0.1, 0.15) is 5.15 Å². The fourth-order valence-electron chi connectivity index (χ4n) is 1.14. The van der Waals surface area contributed by atoms with Crippen LogP contribution in [-0.4, -0.2) is 17.4 Å². The summed E-state index contributed by atoms with van der Waals surface area (Å²) in [6.45, 7) is 6.98. The van der Waals surface area contributed by atoms with Gasteiger partial charge in [-0.3, -0.25) is 4.79 Å². The Kier molecular flexibility index (Phi) is 5.22. The number of carbonyl (C=O) groups is 1. The molecule has 1 amide bonds. The van der Waals surface area contributed by atoms with E-state index in [-0.39, 0.29) is 16.1 Å². The molecule has 0 saturated carbocycles. The molecule has 0 bridgehead atoms. The number of rotatable bonds is 4. The predicted molar refractivity (Wildman–Crippen MR) is 70.6 cm³/mol. The second-order valence-electron chi connectivity index (χ2n) is 4.43. The van der Waals surface area contributed by atoms with Crippen molar-refractivity contribution in [2.75, 3.05) is 6.54 Å². The standard InChI is InChI=1S/C12H16Cl2N2O/c1-7(2)8(3)5-16-12(17)9-4-10(13)11(14)15-6-9/h4,6-8H,5H2,1-3H3,(H,16,17). The Morgan fingerprint density at radius 2 is 2.06 bits per heavy atom. The van der Waals surface area contributed by atoms with Crippen LogP contribution < -0.4 is 5.32 Å². The molecule has 17 heavy (non-hydrogen) atoms. The van der Waals surface area contributed by atoms with Gasteiger partial charge in [-0.05, 0) is 17.9 Å². The van der Waals surface area contributed by atoms with E-state index < -0.39 is 0 Å². The summed E-state index contributed by atoms with van der Waals surface area (Å²) in [6.07, 6.45) is 1.42. The van der Waals surface area contributed by atoms with E-state index in [1.165, 1.54) is 12.3 Å². The van der Waals surface area contributed by atoms with E-state index in [1.807, 2.05) is 0 Å². The smallest absolute Gasteiger partial charge is 0.252 e. The average Bonchev–Trinajstić information content (AvgIpc) is 2.28. The number of aromatic nitrogens is 1. The molecule has 0 radical (unpaired) electrons. The third-order valence-corrected chi connectivity index (χ3v) is 3.47. The number of hydrogen-bond donors (Lipinski definition) is 1. The van der Waals surface area contributed by atoms with Gasteiger partial charge in [0.15, 0.2) is 0 Å². The second kappa shape index (κ2) is 6.22. The predicted octanol–water partition coefficient (Wildman–Crippen LogP) is 3.41. The molecular formula is C12H16Cl2N2O. The van der Waals surface area contributed by atoms with Crippen LogP contribution >= 0.6 is 23.2 Å². The molecule has 1 heterocycles. The molecule has 0 fully saturated rings. The molecule has 1 atom stereocenters. The Bertz CT molecular complexity index is 407. The lowest BCUT2D eigenvalue weighted by Crippen LogP contribution is -2.30. The second-order valence-corrected chi connectivity index (χ2v) is 5.19. The Hall–Kier alpha value is -0.800. The molecule has 0 aliphatic rings. The Labute approximate surface area is 112 Å². The van der Waals surface area contributed by atoms with E-state index in [1.54, 1.807) is 0 Å². The minimum absolute atomic E-state index is 0.177. The zero-order chi connectivity index (χ0) is 13.0. The molecule has 1 rings (SSSR count). The van der Waals surface area contributed by atoms with Crippen LogP contribution in [0.25, 0.3) is 0 Å². The molecular weight excluding hydrogens is 259 g/mol. The van der Waals surface area contributed by atoms with Crippen molar-refractivity contribution in [2.45, 2.75) is 20.8 Å². The van der Waals surface area contributed by atoms with Crippen LogP contribution in [0.1, 0.15) is 31.1 Å². The minimum Gasteiger partial charge on any atom is -0.352 e. The van der Waals surface area contributed by atoms with Crippen LogP contribution in [0.4, 0.5) is 0 Å². The Balaban J connectivity index is 2.61. The Morgan fingerprint density at radius 1 is 1.41 bits per heavy atom. The third kappa shape index (κ3) is 4.17. The number of nitrogens with one attached hydrogen (secondary N) is 1. The normalized spacial score (nSPS) is 12.6. The van der Waals surface area contributed by atoms with Gasteiger partial charge in [0.05, 0.1) is 10.6 Å². The average molecular weight is 275 g/mol. The van der Waals surface area contributed by atoms with Crippen molar-refractivity contribution in [1.29, 1.82) is 0 Å². The van der Waals surface area contributed by atoms with E-state index in [2.05, 4.69) is 31.1 Å². The van der Waals surface area contributed by atoms with Crippen LogP contribution in [0.2, 0.25) is 10.2 Å². The summed E-state index contributed by atoms with van der Waals surface area (Å²) in [5.74, 6) is 0.778. The highest BCUT2D eigenvalue weighted by atomic mass is 35.5. The maximum atomic E-state index is 11.8. The van der Waals surface area contributed by atoms with Crippen molar-refractivity contribution in [1.82, 2.24) is 10.3 Å². The van der Waals surface area contributed by atoms with Crippen LogP contribution in [0.15, 0.2) is 12.3 Å². The molecule has 1 aromatic heterocycles. The summed E-state index contributed by atoms with van der Waals surface area (Å²) >= 11 is 11.5. The number of amides is 1. The van der Waals surface area contributed by atoms with Gasteiger partial charge in [-0.25, -0.2) is 4.98 Å². The monoisotopic (exact) mass is 274 g/mol. The maximum Gasteiger partial charge on any atom is 0.252 e. The SMILES string of the molecule is CC(C)C(C)CNC(=O)c1cnc(Cl)c(Cl)c1. The number of halogens is 2. The molecule has 0 aliphatic heterocycles. The Morgan fingerprint density at radius 3 is 2.59 bits per heavy atom. The fraction of sp³-hybridized carbons (Fsp3) is 0.500. The number of hydrogen-bond acceptors (Lipinski definition) is 2. The van der Waals surface area contributed by atoms with Crippen LogP contribution in [0.3, 0.4) is 0 Å². The van der Waals surface area contributed by atoms with E-state index in [0.29, 0.717) is 23.9 Å². The summed E-state index contributed by atoms with van der Waals surface area (Å²) in [5.41, 5.74) is 0.426. The summed E-state index contributed by atoms with van der Waals surface area (Å²) < 4.78 is 0. The third-order valence-electron chi connectivity index (χ3n) is 2.78. The number of carbonyl (C=O) groups excluding carboxylic acids is 1. The topological polar surface area (TPSA) is 42.0 Å².